The number of hydrogen-bond acceptors (Lipinski definition) is 6. The largest absolute Gasteiger partial charge is 0.468 e. The Bertz CT molecular complexity index is 941. The fourth-order valence-corrected chi connectivity index (χ4v) is 3.12. The summed E-state index contributed by atoms with van der Waals surface area (Å²) in [6, 6.07) is 7.48. The fraction of sp³-hybridized carbons (Fsp3) is 0.250. The highest BCUT2D eigenvalue weighted by Gasteiger charge is 2.23. The molecule has 1 aliphatic heterocycles. The molecule has 124 valence electrons. The van der Waals surface area contributed by atoms with E-state index in [2.05, 4.69) is 15.2 Å². The number of anilines is 1. The van der Waals surface area contributed by atoms with E-state index in [1.807, 2.05) is 28.8 Å². The first-order valence-corrected chi connectivity index (χ1v) is 7.98. The monoisotopic (exact) mass is 344 g/mol. The Labute approximate surface area is 142 Å². The molecule has 3 aromatic heterocycles. The number of furan rings is 2. The van der Waals surface area contributed by atoms with Gasteiger partial charge in [-0.2, -0.15) is 0 Å². The molecule has 0 aliphatic carbocycles. The van der Waals surface area contributed by atoms with Gasteiger partial charge in [0.25, 0.3) is 5.56 Å². The standard InChI is InChI=1S/C16H16N4O3S/c21-15-13-9-19(7-11-3-1-5-22-11)10-17-14(13)20(16(24)18-15)8-12-4-2-6-23-12/h1-6,17H,7-10H2,(H,18,21,24). The van der Waals surface area contributed by atoms with Gasteiger partial charge < -0.3 is 14.2 Å². The summed E-state index contributed by atoms with van der Waals surface area (Å²) >= 11 is 5.32. The van der Waals surface area contributed by atoms with Crippen molar-refractivity contribution in [2.45, 2.75) is 19.6 Å². The van der Waals surface area contributed by atoms with Crippen LogP contribution in [-0.2, 0) is 19.6 Å². The van der Waals surface area contributed by atoms with Crippen LogP contribution in [0.5, 0.6) is 0 Å². The third kappa shape index (κ3) is 2.81. The van der Waals surface area contributed by atoms with Crippen LogP contribution in [0.4, 0.5) is 5.82 Å². The molecule has 2 N–H and O–H groups in total. The van der Waals surface area contributed by atoms with Gasteiger partial charge in [0.15, 0.2) is 4.77 Å². The molecule has 24 heavy (non-hydrogen) atoms. The van der Waals surface area contributed by atoms with E-state index < -0.39 is 0 Å². The number of nitrogens with zero attached hydrogens (tertiary/aromatic N) is 2. The number of hydrogen-bond donors (Lipinski definition) is 2. The first-order chi connectivity index (χ1) is 11.7. The Morgan fingerprint density at radius 3 is 2.50 bits per heavy atom. The fourth-order valence-electron chi connectivity index (χ4n) is 2.87. The minimum Gasteiger partial charge on any atom is -0.468 e. The van der Waals surface area contributed by atoms with Crippen LogP contribution in [0.15, 0.2) is 50.4 Å². The average molecular weight is 344 g/mol. The highest BCUT2D eigenvalue weighted by Crippen LogP contribution is 2.22. The summed E-state index contributed by atoms with van der Waals surface area (Å²) in [5.41, 5.74) is 0.496. The van der Waals surface area contributed by atoms with Crippen molar-refractivity contribution in [1.29, 1.82) is 0 Å². The molecule has 0 aromatic carbocycles. The van der Waals surface area contributed by atoms with Crippen molar-refractivity contribution in [3.63, 3.8) is 0 Å². The van der Waals surface area contributed by atoms with Crippen LogP contribution < -0.4 is 10.9 Å². The van der Waals surface area contributed by atoms with Crippen molar-refractivity contribution < 1.29 is 8.83 Å². The molecular weight excluding hydrogens is 328 g/mol. The minimum atomic E-state index is -0.165. The molecule has 0 fully saturated rings. The molecule has 1 aliphatic rings. The van der Waals surface area contributed by atoms with Gasteiger partial charge in [-0.15, -0.1) is 0 Å². The minimum absolute atomic E-state index is 0.165. The van der Waals surface area contributed by atoms with Crippen LogP contribution >= 0.6 is 12.2 Å². The molecule has 4 rings (SSSR count). The Hall–Kier alpha value is -2.58. The van der Waals surface area contributed by atoms with Crippen molar-refractivity contribution in [1.82, 2.24) is 14.5 Å². The van der Waals surface area contributed by atoms with E-state index >= 15 is 0 Å². The van der Waals surface area contributed by atoms with E-state index in [9.17, 15) is 4.79 Å². The first kappa shape index (κ1) is 15.0. The summed E-state index contributed by atoms with van der Waals surface area (Å²) in [6.07, 6.45) is 3.27. The van der Waals surface area contributed by atoms with E-state index in [1.54, 1.807) is 12.5 Å². The third-order valence-electron chi connectivity index (χ3n) is 4.00. The van der Waals surface area contributed by atoms with Gasteiger partial charge >= 0.3 is 0 Å². The highest BCUT2D eigenvalue weighted by atomic mass is 32.1. The molecule has 7 nitrogen and oxygen atoms in total. The highest BCUT2D eigenvalue weighted by molar-refractivity contribution is 7.71. The zero-order chi connectivity index (χ0) is 16.5. The number of aromatic nitrogens is 2. The lowest BCUT2D eigenvalue weighted by Crippen LogP contribution is -2.39. The van der Waals surface area contributed by atoms with Crippen LogP contribution in [0.25, 0.3) is 0 Å². The van der Waals surface area contributed by atoms with Crippen molar-refractivity contribution in [2.24, 2.45) is 0 Å². The number of H-pyrrole nitrogens is 1. The van der Waals surface area contributed by atoms with Crippen LogP contribution in [0.1, 0.15) is 17.1 Å². The molecule has 0 atom stereocenters. The lowest BCUT2D eigenvalue weighted by molar-refractivity contribution is 0.240. The number of aromatic amines is 1. The van der Waals surface area contributed by atoms with E-state index in [0.717, 1.165) is 17.3 Å². The van der Waals surface area contributed by atoms with Crippen molar-refractivity contribution in [3.05, 3.63) is 69.0 Å². The molecular formula is C16H16N4O3S. The zero-order valence-corrected chi connectivity index (χ0v) is 13.6. The van der Waals surface area contributed by atoms with E-state index in [4.69, 9.17) is 21.1 Å². The molecule has 4 heterocycles. The first-order valence-electron chi connectivity index (χ1n) is 7.57. The maximum absolute atomic E-state index is 12.3. The summed E-state index contributed by atoms with van der Waals surface area (Å²) in [7, 11) is 0. The third-order valence-corrected chi connectivity index (χ3v) is 4.32. The topological polar surface area (TPSA) is 79.3 Å². The average Bonchev–Trinajstić information content (AvgIpc) is 3.25. The van der Waals surface area contributed by atoms with Crippen molar-refractivity contribution in [3.8, 4) is 0 Å². The Kier molecular flexibility index (Phi) is 3.83. The molecule has 0 spiro atoms. The Morgan fingerprint density at radius 1 is 1.12 bits per heavy atom. The second-order valence-electron chi connectivity index (χ2n) is 5.65. The van der Waals surface area contributed by atoms with Gasteiger partial charge in [-0.3, -0.25) is 19.2 Å². The molecule has 8 heteroatoms. The zero-order valence-electron chi connectivity index (χ0n) is 12.8. The lowest BCUT2D eigenvalue weighted by atomic mass is 10.2. The predicted molar refractivity (Wildman–Crippen MR) is 90.1 cm³/mol. The molecule has 3 aromatic rings. The van der Waals surface area contributed by atoms with E-state index in [0.29, 0.717) is 36.6 Å². The Morgan fingerprint density at radius 2 is 1.83 bits per heavy atom. The lowest BCUT2D eigenvalue weighted by Gasteiger charge is -2.30. The maximum atomic E-state index is 12.3. The SMILES string of the molecule is O=c1[nH]c(=S)n(Cc2ccco2)c2c1CN(Cc1ccco1)CN2. The molecule has 0 unspecified atom stereocenters. The number of fused-ring (bicyclic) bond motifs is 1. The summed E-state index contributed by atoms with van der Waals surface area (Å²) in [5.74, 6) is 2.39. The van der Waals surface area contributed by atoms with Crippen molar-refractivity contribution >= 4 is 18.0 Å². The Balaban J connectivity index is 1.66. The second-order valence-corrected chi connectivity index (χ2v) is 6.04. The van der Waals surface area contributed by atoms with Crippen LogP contribution in [0.3, 0.4) is 0 Å². The van der Waals surface area contributed by atoms with Crippen LogP contribution in [0.2, 0.25) is 0 Å². The van der Waals surface area contributed by atoms with Gasteiger partial charge in [-0.25, -0.2) is 0 Å². The predicted octanol–water partition coefficient (Wildman–Crippen LogP) is 2.53. The smallest absolute Gasteiger partial charge is 0.258 e. The summed E-state index contributed by atoms with van der Waals surface area (Å²) < 4.78 is 13.0. The van der Waals surface area contributed by atoms with Crippen molar-refractivity contribution in [2.75, 3.05) is 12.0 Å². The molecule has 0 bridgehead atoms. The van der Waals surface area contributed by atoms with Crippen LogP contribution in [-0.4, -0.2) is 21.1 Å². The van der Waals surface area contributed by atoms with E-state index in [-0.39, 0.29) is 5.56 Å². The quantitative estimate of drug-likeness (QED) is 0.708. The van der Waals surface area contributed by atoms with Gasteiger partial charge in [0, 0.05) is 6.54 Å². The summed E-state index contributed by atoms with van der Waals surface area (Å²) in [4.78, 5) is 17.2. The molecule has 0 saturated carbocycles. The number of rotatable bonds is 4. The second kappa shape index (κ2) is 6.14. The summed E-state index contributed by atoms with van der Waals surface area (Å²) in [5, 5.41) is 3.31. The van der Waals surface area contributed by atoms with Crippen LogP contribution in [0, 0.1) is 4.77 Å². The van der Waals surface area contributed by atoms with Gasteiger partial charge in [0.05, 0.1) is 37.8 Å². The van der Waals surface area contributed by atoms with Gasteiger partial charge in [-0.05, 0) is 36.5 Å². The summed E-state index contributed by atoms with van der Waals surface area (Å²) in [6.45, 7) is 2.22. The van der Waals surface area contributed by atoms with Gasteiger partial charge in [0.2, 0.25) is 0 Å². The normalized spacial score (nSPS) is 14.3. The van der Waals surface area contributed by atoms with Gasteiger partial charge in [-0.1, -0.05) is 0 Å². The molecule has 0 saturated heterocycles. The molecule has 0 amide bonds. The van der Waals surface area contributed by atoms with Gasteiger partial charge in [0.1, 0.15) is 17.3 Å². The number of nitrogens with one attached hydrogen (secondary N) is 2. The maximum Gasteiger partial charge on any atom is 0.258 e. The molecule has 0 radical (unpaired) electrons. The van der Waals surface area contributed by atoms with E-state index in [1.165, 1.54) is 0 Å².